The highest BCUT2D eigenvalue weighted by molar-refractivity contribution is 5.96. The number of piperazine rings is 1. The summed E-state index contributed by atoms with van der Waals surface area (Å²) < 4.78 is 0. The maximum atomic E-state index is 12.9. The largest absolute Gasteiger partial charge is 0.369 e. The van der Waals surface area contributed by atoms with Crippen molar-refractivity contribution >= 4 is 17.7 Å². The molecule has 1 amide bonds. The third-order valence-corrected chi connectivity index (χ3v) is 5.33. The van der Waals surface area contributed by atoms with E-state index in [2.05, 4.69) is 40.9 Å². The quantitative estimate of drug-likeness (QED) is 0.876. The topological polar surface area (TPSA) is 35.6 Å². The molecule has 1 atom stereocenters. The highest BCUT2D eigenvalue weighted by atomic mass is 16.1. The van der Waals surface area contributed by atoms with E-state index >= 15 is 0 Å². The van der Waals surface area contributed by atoms with Crippen molar-refractivity contribution < 1.29 is 4.79 Å². The Morgan fingerprint density at radius 1 is 1.15 bits per heavy atom. The Hall–Kier alpha value is -2.59. The van der Waals surface area contributed by atoms with Crippen molar-refractivity contribution in [2.75, 3.05) is 38.1 Å². The molecule has 4 heteroatoms. The zero-order chi connectivity index (χ0) is 19.4. The number of likely N-dealkylation sites (N-methyl/N-ethyl adjacent to an activating group) is 1. The molecule has 0 unspecified atom stereocenters. The standard InChI is InChI=1S/C23H29N3O/c1-5-19-7-6-8-20(15-19)18(3)24-23(27)22-16-21(10-9-17(22)2)26-13-11-25(4)12-14-26/h5-10,15-16,18H,1,11-14H2,2-4H3,(H,24,27)/t18-/m1/s1. The van der Waals surface area contributed by atoms with E-state index in [9.17, 15) is 4.79 Å². The summed E-state index contributed by atoms with van der Waals surface area (Å²) in [4.78, 5) is 17.6. The summed E-state index contributed by atoms with van der Waals surface area (Å²) >= 11 is 0. The van der Waals surface area contributed by atoms with Crippen molar-refractivity contribution in [1.29, 1.82) is 0 Å². The van der Waals surface area contributed by atoms with Crippen molar-refractivity contribution in [3.05, 3.63) is 71.3 Å². The van der Waals surface area contributed by atoms with Crippen LogP contribution in [-0.2, 0) is 0 Å². The number of nitrogens with one attached hydrogen (secondary N) is 1. The molecule has 0 saturated carbocycles. The molecule has 0 bridgehead atoms. The van der Waals surface area contributed by atoms with Crippen molar-refractivity contribution in [1.82, 2.24) is 10.2 Å². The van der Waals surface area contributed by atoms with Gasteiger partial charge in [0.1, 0.15) is 0 Å². The number of hydrogen-bond donors (Lipinski definition) is 1. The van der Waals surface area contributed by atoms with Crippen LogP contribution in [0.4, 0.5) is 5.69 Å². The van der Waals surface area contributed by atoms with Gasteiger partial charge in [-0.05, 0) is 55.8 Å². The first-order chi connectivity index (χ1) is 13.0. The number of amides is 1. The number of anilines is 1. The molecule has 1 fully saturated rings. The molecule has 0 aromatic heterocycles. The lowest BCUT2D eigenvalue weighted by Crippen LogP contribution is -2.44. The molecule has 0 spiro atoms. The Balaban J connectivity index is 1.75. The fourth-order valence-corrected chi connectivity index (χ4v) is 3.43. The number of nitrogens with zero attached hydrogens (tertiary/aromatic N) is 2. The summed E-state index contributed by atoms with van der Waals surface area (Å²) in [5, 5.41) is 3.14. The number of rotatable bonds is 5. The van der Waals surface area contributed by atoms with E-state index in [1.807, 2.05) is 50.3 Å². The van der Waals surface area contributed by atoms with Crippen LogP contribution in [0.1, 0.15) is 40.0 Å². The number of hydrogen-bond acceptors (Lipinski definition) is 3. The molecule has 4 nitrogen and oxygen atoms in total. The van der Waals surface area contributed by atoms with Crippen LogP contribution in [0.3, 0.4) is 0 Å². The molecular weight excluding hydrogens is 334 g/mol. The van der Waals surface area contributed by atoms with Crippen LogP contribution in [0.25, 0.3) is 6.08 Å². The van der Waals surface area contributed by atoms with E-state index in [1.54, 1.807) is 0 Å². The van der Waals surface area contributed by atoms with E-state index in [1.165, 1.54) is 0 Å². The highest BCUT2D eigenvalue weighted by Gasteiger charge is 2.18. The molecule has 2 aromatic carbocycles. The van der Waals surface area contributed by atoms with Crippen LogP contribution in [0.5, 0.6) is 0 Å². The molecule has 1 aliphatic heterocycles. The summed E-state index contributed by atoms with van der Waals surface area (Å²) in [6.45, 7) is 11.9. The summed E-state index contributed by atoms with van der Waals surface area (Å²) in [7, 11) is 2.15. The zero-order valence-corrected chi connectivity index (χ0v) is 16.5. The monoisotopic (exact) mass is 363 g/mol. The van der Waals surface area contributed by atoms with E-state index in [0.717, 1.165) is 54.1 Å². The zero-order valence-electron chi connectivity index (χ0n) is 16.5. The maximum Gasteiger partial charge on any atom is 0.252 e. The Morgan fingerprint density at radius 2 is 1.89 bits per heavy atom. The Kier molecular flexibility index (Phi) is 5.97. The third-order valence-electron chi connectivity index (χ3n) is 5.33. The maximum absolute atomic E-state index is 12.9. The van der Waals surface area contributed by atoms with Gasteiger partial charge in [0.15, 0.2) is 0 Å². The van der Waals surface area contributed by atoms with Gasteiger partial charge in [0.05, 0.1) is 6.04 Å². The number of benzene rings is 2. The first kappa shape index (κ1) is 19.2. The number of carbonyl (C=O) groups excluding carboxylic acids is 1. The average Bonchev–Trinajstić information content (AvgIpc) is 2.69. The number of aryl methyl sites for hydroxylation is 1. The summed E-state index contributed by atoms with van der Waals surface area (Å²) in [5.74, 6) is -0.0278. The first-order valence-electron chi connectivity index (χ1n) is 9.55. The van der Waals surface area contributed by atoms with Crippen LogP contribution in [0, 0.1) is 6.92 Å². The molecule has 2 aromatic rings. The van der Waals surface area contributed by atoms with Gasteiger partial charge < -0.3 is 15.1 Å². The molecule has 27 heavy (non-hydrogen) atoms. The minimum atomic E-state index is -0.0657. The molecular formula is C23H29N3O. The fourth-order valence-electron chi connectivity index (χ4n) is 3.43. The minimum Gasteiger partial charge on any atom is -0.369 e. The molecule has 1 saturated heterocycles. The van der Waals surface area contributed by atoms with Gasteiger partial charge in [-0.25, -0.2) is 0 Å². The second-order valence-electron chi connectivity index (χ2n) is 7.36. The molecule has 142 valence electrons. The molecule has 3 rings (SSSR count). The van der Waals surface area contributed by atoms with Gasteiger partial charge in [-0.15, -0.1) is 0 Å². The van der Waals surface area contributed by atoms with Crippen LogP contribution in [0.15, 0.2) is 49.0 Å². The summed E-state index contributed by atoms with van der Waals surface area (Å²) in [6.07, 6.45) is 1.82. The third kappa shape index (κ3) is 4.58. The van der Waals surface area contributed by atoms with Gasteiger partial charge in [0.2, 0.25) is 0 Å². The lowest BCUT2D eigenvalue weighted by atomic mass is 10.0. The predicted molar refractivity (Wildman–Crippen MR) is 113 cm³/mol. The highest BCUT2D eigenvalue weighted by Crippen LogP contribution is 2.22. The van der Waals surface area contributed by atoms with Crippen LogP contribution in [-0.4, -0.2) is 44.0 Å². The second kappa shape index (κ2) is 8.40. The van der Waals surface area contributed by atoms with Crippen molar-refractivity contribution in [3.8, 4) is 0 Å². The van der Waals surface area contributed by atoms with Crippen LogP contribution < -0.4 is 10.2 Å². The first-order valence-corrected chi connectivity index (χ1v) is 9.55. The Bertz CT molecular complexity index is 822. The van der Waals surface area contributed by atoms with Gasteiger partial charge >= 0.3 is 0 Å². The SMILES string of the molecule is C=Cc1cccc([C@@H](C)NC(=O)c2cc(N3CCN(C)CC3)ccc2C)c1. The van der Waals surface area contributed by atoms with Crippen LogP contribution >= 0.6 is 0 Å². The molecule has 1 N–H and O–H groups in total. The van der Waals surface area contributed by atoms with Gasteiger partial charge in [-0.2, -0.15) is 0 Å². The predicted octanol–water partition coefficient (Wildman–Crippen LogP) is 3.88. The smallest absolute Gasteiger partial charge is 0.252 e. The summed E-state index contributed by atoms with van der Waals surface area (Å²) in [5.41, 5.74) is 5.01. The van der Waals surface area contributed by atoms with Crippen molar-refractivity contribution in [2.45, 2.75) is 19.9 Å². The Labute approximate surface area is 162 Å². The molecule has 0 aliphatic carbocycles. The van der Waals surface area contributed by atoms with E-state index in [0.29, 0.717) is 0 Å². The lowest BCUT2D eigenvalue weighted by Gasteiger charge is -2.34. The van der Waals surface area contributed by atoms with E-state index in [-0.39, 0.29) is 11.9 Å². The number of carbonyl (C=O) groups is 1. The molecule has 1 heterocycles. The van der Waals surface area contributed by atoms with Crippen molar-refractivity contribution in [3.63, 3.8) is 0 Å². The van der Waals surface area contributed by atoms with E-state index in [4.69, 9.17) is 0 Å². The van der Waals surface area contributed by atoms with Crippen LogP contribution in [0.2, 0.25) is 0 Å². The van der Waals surface area contributed by atoms with Gasteiger partial charge in [0.25, 0.3) is 5.91 Å². The second-order valence-corrected chi connectivity index (χ2v) is 7.36. The van der Waals surface area contributed by atoms with Gasteiger partial charge in [0, 0.05) is 37.4 Å². The van der Waals surface area contributed by atoms with Gasteiger partial charge in [-0.3, -0.25) is 4.79 Å². The summed E-state index contributed by atoms with van der Waals surface area (Å²) in [6, 6.07) is 14.2. The lowest BCUT2D eigenvalue weighted by molar-refractivity contribution is 0.0939. The molecule has 1 aliphatic rings. The fraction of sp³-hybridized carbons (Fsp3) is 0.348. The molecule has 0 radical (unpaired) electrons. The van der Waals surface area contributed by atoms with Crippen molar-refractivity contribution in [2.24, 2.45) is 0 Å². The normalized spacial score (nSPS) is 16.0. The Morgan fingerprint density at radius 3 is 2.59 bits per heavy atom. The minimum absolute atomic E-state index is 0.0278. The van der Waals surface area contributed by atoms with E-state index < -0.39 is 0 Å². The van der Waals surface area contributed by atoms with Gasteiger partial charge in [-0.1, -0.05) is 36.9 Å². The average molecular weight is 364 g/mol.